The fraction of sp³-hybridized carbons (Fsp3) is 0.429. The first-order valence-corrected chi connectivity index (χ1v) is 5.55. The van der Waals surface area contributed by atoms with Crippen LogP contribution in [0.3, 0.4) is 0 Å². The summed E-state index contributed by atoms with van der Waals surface area (Å²) in [6.45, 7) is 4.31. The number of aryl methyl sites for hydroxylation is 2. The summed E-state index contributed by atoms with van der Waals surface area (Å²) < 4.78 is 0. The van der Waals surface area contributed by atoms with E-state index >= 15 is 0 Å². The minimum Gasteiger partial charge on any atom is -0.0917 e. The van der Waals surface area contributed by atoms with Crippen LogP contribution in [-0.2, 0) is 12.8 Å². The summed E-state index contributed by atoms with van der Waals surface area (Å²) >= 11 is 0. The van der Waals surface area contributed by atoms with Gasteiger partial charge in [0.25, 0.3) is 0 Å². The van der Waals surface area contributed by atoms with E-state index in [0.717, 1.165) is 6.42 Å². The molecule has 0 saturated carbocycles. The average molecular weight is 188 g/mol. The van der Waals surface area contributed by atoms with E-state index in [1.165, 1.54) is 30.4 Å². The molecule has 0 aromatic heterocycles. The topological polar surface area (TPSA) is 0 Å². The Hall–Kier alpha value is -1.04. The number of allylic oxidation sites excluding steroid dienone is 2. The van der Waals surface area contributed by atoms with Crippen LogP contribution in [0.25, 0.3) is 0 Å². The van der Waals surface area contributed by atoms with Gasteiger partial charge in [0.1, 0.15) is 0 Å². The Morgan fingerprint density at radius 2 is 1.86 bits per heavy atom. The van der Waals surface area contributed by atoms with E-state index in [9.17, 15) is 0 Å². The average Bonchev–Trinajstić information content (AvgIpc) is 2.19. The summed E-state index contributed by atoms with van der Waals surface area (Å²) in [7, 11) is 0. The van der Waals surface area contributed by atoms with Crippen molar-refractivity contribution in [1.29, 1.82) is 0 Å². The van der Waals surface area contributed by atoms with Gasteiger partial charge in [-0.2, -0.15) is 0 Å². The van der Waals surface area contributed by atoms with Gasteiger partial charge in [-0.05, 0) is 37.3 Å². The van der Waals surface area contributed by atoms with Crippen LogP contribution in [0.1, 0.15) is 37.8 Å². The van der Waals surface area contributed by atoms with Gasteiger partial charge in [0.15, 0.2) is 0 Å². The first-order chi connectivity index (χ1) is 6.86. The Morgan fingerprint density at radius 3 is 2.50 bits per heavy atom. The highest BCUT2D eigenvalue weighted by Gasteiger charge is 1.94. The van der Waals surface area contributed by atoms with Gasteiger partial charge in [0, 0.05) is 0 Å². The minimum atomic E-state index is 1.16. The van der Waals surface area contributed by atoms with Crippen molar-refractivity contribution in [3.05, 3.63) is 47.5 Å². The highest BCUT2D eigenvalue weighted by atomic mass is 14.0. The molecule has 0 aliphatic carbocycles. The SMILES string of the molecule is C/C=C/CCc1cccc(CCC)c1. The lowest BCUT2D eigenvalue weighted by molar-refractivity contribution is 0.912. The molecule has 0 spiro atoms. The van der Waals surface area contributed by atoms with Crippen LogP contribution in [0.2, 0.25) is 0 Å². The van der Waals surface area contributed by atoms with Crippen molar-refractivity contribution in [2.24, 2.45) is 0 Å². The highest BCUT2D eigenvalue weighted by Crippen LogP contribution is 2.09. The monoisotopic (exact) mass is 188 g/mol. The maximum Gasteiger partial charge on any atom is -0.0244 e. The molecular weight excluding hydrogens is 168 g/mol. The van der Waals surface area contributed by atoms with Gasteiger partial charge < -0.3 is 0 Å². The van der Waals surface area contributed by atoms with Crippen molar-refractivity contribution in [2.75, 3.05) is 0 Å². The molecule has 0 unspecified atom stereocenters. The molecule has 0 N–H and O–H groups in total. The first-order valence-electron chi connectivity index (χ1n) is 5.55. The standard InChI is InChI=1S/C14H20/c1-3-5-6-9-14-11-7-10-13(12-14)8-4-2/h3,5,7,10-12H,4,6,8-9H2,1-2H3/b5-3+. The summed E-state index contributed by atoms with van der Waals surface area (Å²) in [6, 6.07) is 8.97. The van der Waals surface area contributed by atoms with E-state index in [0.29, 0.717) is 0 Å². The molecule has 14 heavy (non-hydrogen) atoms. The second-order valence-electron chi connectivity index (χ2n) is 3.68. The summed E-state index contributed by atoms with van der Waals surface area (Å²) in [5, 5.41) is 0. The molecule has 0 aliphatic heterocycles. The molecule has 0 heteroatoms. The normalized spacial score (nSPS) is 11.0. The van der Waals surface area contributed by atoms with E-state index in [1.807, 2.05) is 0 Å². The molecular formula is C14H20. The maximum absolute atomic E-state index is 2.34. The molecule has 1 rings (SSSR count). The van der Waals surface area contributed by atoms with Crippen LogP contribution in [0.15, 0.2) is 36.4 Å². The van der Waals surface area contributed by atoms with Gasteiger partial charge in [-0.25, -0.2) is 0 Å². The third-order valence-electron chi connectivity index (χ3n) is 2.37. The summed E-state index contributed by atoms with van der Waals surface area (Å²) in [5.41, 5.74) is 2.94. The lowest BCUT2D eigenvalue weighted by atomic mass is 10.0. The van der Waals surface area contributed by atoms with Crippen LogP contribution in [0, 0.1) is 0 Å². The zero-order valence-electron chi connectivity index (χ0n) is 9.29. The zero-order valence-corrected chi connectivity index (χ0v) is 9.29. The van der Waals surface area contributed by atoms with Crippen molar-refractivity contribution in [1.82, 2.24) is 0 Å². The number of rotatable bonds is 5. The highest BCUT2D eigenvalue weighted by molar-refractivity contribution is 5.23. The molecule has 0 nitrogen and oxygen atoms in total. The summed E-state index contributed by atoms with van der Waals surface area (Å²) in [6.07, 6.45) is 9.12. The molecule has 0 atom stereocenters. The molecule has 1 aromatic carbocycles. The van der Waals surface area contributed by atoms with Crippen molar-refractivity contribution in [3.8, 4) is 0 Å². The maximum atomic E-state index is 2.34. The Balaban J connectivity index is 2.54. The predicted molar refractivity (Wildman–Crippen MR) is 63.6 cm³/mol. The molecule has 1 aromatic rings. The number of hydrogen-bond donors (Lipinski definition) is 0. The van der Waals surface area contributed by atoms with Gasteiger partial charge in [0.2, 0.25) is 0 Å². The lowest BCUT2D eigenvalue weighted by Crippen LogP contribution is -1.87. The first kappa shape index (κ1) is 11.0. The van der Waals surface area contributed by atoms with Gasteiger partial charge in [0.05, 0.1) is 0 Å². The van der Waals surface area contributed by atoms with Crippen molar-refractivity contribution in [2.45, 2.75) is 39.5 Å². The molecule has 0 radical (unpaired) electrons. The second kappa shape index (κ2) is 6.42. The second-order valence-corrected chi connectivity index (χ2v) is 3.68. The molecule has 0 bridgehead atoms. The largest absolute Gasteiger partial charge is 0.0917 e. The molecule has 76 valence electrons. The van der Waals surface area contributed by atoms with E-state index in [4.69, 9.17) is 0 Å². The molecule has 0 heterocycles. The Kier molecular flexibility index (Phi) is 5.06. The Morgan fingerprint density at radius 1 is 1.14 bits per heavy atom. The molecule has 0 fully saturated rings. The molecule has 0 amide bonds. The summed E-state index contributed by atoms with van der Waals surface area (Å²) in [5.74, 6) is 0. The van der Waals surface area contributed by atoms with E-state index in [2.05, 4.69) is 50.3 Å². The van der Waals surface area contributed by atoms with Gasteiger partial charge >= 0.3 is 0 Å². The fourth-order valence-electron chi connectivity index (χ4n) is 1.65. The van der Waals surface area contributed by atoms with Crippen LogP contribution >= 0.6 is 0 Å². The Bertz CT molecular complexity index is 284. The molecule has 0 aliphatic rings. The van der Waals surface area contributed by atoms with E-state index in [1.54, 1.807) is 0 Å². The van der Waals surface area contributed by atoms with Crippen LogP contribution < -0.4 is 0 Å². The smallest absolute Gasteiger partial charge is 0.0244 e. The summed E-state index contributed by atoms with van der Waals surface area (Å²) in [4.78, 5) is 0. The predicted octanol–water partition coefficient (Wildman–Crippen LogP) is 4.15. The van der Waals surface area contributed by atoms with E-state index in [-0.39, 0.29) is 0 Å². The Labute approximate surface area is 87.7 Å². The lowest BCUT2D eigenvalue weighted by Gasteiger charge is -2.02. The van der Waals surface area contributed by atoms with Crippen LogP contribution in [-0.4, -0.2) is 0 Å². The van der Waals surface area contributed by atoms with Crippen molar-refractivity contribution < 1.29 is 0 Å². The van der Waals surface area contributed by atoms with Gasteiger partial charge in [-0.1, -0.05) is 49.8 Å². The third-order valence-corrected chi connectivity index (χ3v) is 2.37. The van der Waals surface area contributed by atoms with Crippen LogP contribution in [0.4, 0.5) is 0 Å². The number of hydrogen-bond acceptors (Lipinski definition) is 0. The van der Waals surface area contributed by atoms with E-state index < -0.39 is 0 Å². The fourth-order valence-corrected chi connectivity index (χ4v) is 1.65. The zero-order chi connectivity index (χ0) is 10.2. The van der Waals surface area contributed by atoms with Crippen molar-refractivity contribution >= 4 is 0 Å². The molecule has 0 saturated heterocycles. The third kappa shape index (κ3) is 3.78. The number of benzene rings is 1. The minimum absolute atomic E-state index is 1.16. The van der Waals surface area contributed by atoms with Gasteiger partial charge in [-0.3, -0.25) is 0 Å². The van der Waals surface area contributed by atoms with Crippen molar-refractivity contribution in [3.63, 3.8) is 0 Å². The van der Waals surface area contributed by atoms with Gasteiger partial charge in [-0.15, -0.1) is 0 Å². The quantitative estimate of drug-likeness (QED) is 0.609. The van der Waals surface area contributed by atoms with Crippen LogP contribution in [0.5, 0.6) is 0 Å².